The Morgan fingerprint density at radius 1 is 1.05 bits per heavy atom. The molecule has 1 saturated carbocycles. The van der Waals surface area contributed by atoms with Gasteiger partial charge in [0.2, 0.25) is 0 Å². The predicted molar refractivity (Wildman–Crippen MR) is 71.6 cm³/mol. The summed E-state index contributed by atoms with van der Waals surface area (Å²) in [5, 5.41) is 0. The van der Waals surface area contributed by atoms with Crippen molar-refractivity contribution in [3.05, 3.63) is 47.0 Å². The van der Waals surface area contributed by atoms with Crippen LogP contribution in [0.1, 0.15) is 40.5 Å². The Bertz CT molecular complexity index is 732. The molecule has 5 aliphatic rings. The van der Waals surface area contributed by atoms with E-state index in [-0.39, 0.29) is 23.4 Å². The van der Waals surface area contributed by atoms with Crippen LogP contribution in [-0.2, 0) is 4.74 Å². The highest BCUT2D eigenvalue weighted by Crippen LogP contribution is 2.71. The van der Waals surface area contributed by atoms with Gasteiger partial charge in [0.05, 0.1) is 0 Å². The molecule has 0 amide bonds. The minimum absolute atomic E-state index is 0.0196. The fourth-order valence-electron chi connectivity index (χ4n) is 4.88. The third kappa shape index (κ3) is 0.837. The molecule has 0 aromatic heterocycles. The topological polar surface area (TPSA) is 46.7 Å². The first kappa shape index (κ1) is 11.0. The highest BCUT2D eigenvalue weighted by Gasteiger charge is 2.87. The van der Waals surface area contributed by atoms with E-state index < -0.39 is 11.2 Å². The molecule has 1 heterocycles. The Labute approximate surface area is 116 Å². The molecule has 0 radical (unpaired) electrons. The summed E-state index contributed by atoms with van der Waals surface area (Å²) in [5.74, 6) is 0.190. The molecule has 4 aliphatic carbocycles. The normalized spacial score (nSPS) is 43.5. The van der Waals surface area contributed by atoms with Gasteiger partial charge in [-0.05, 0) is 19.8 Å². The highest BCUT2D eigenvalue weighted by atomic mass is 16.6. The first-order valence-corrected chi connectivity index (χ1v) is 7.20. The number of benzene rings is 1. The molecule has 0 spiro atoms. The van der Waals surface area contributed by atoms with E-state index in [0.717, 1.165) is 12.8 Å². The van der Waals surface area contributed by atoms with E-state index in [0.29, 0.717) is 11.1 Å². The minimum atomic E-state index is -0.875. The Hall–Kier alpha value is -1.74. The highest BCUT2D eigenvalue weighted by molar-refractivity contribution is 6.26. The van der Waals surface area contributed by atoms with Crippen LogP contribution in [0.5, 0.6) is 0 Å². The summed E-state index contributed by atoms with van der Waals surface area (Å²) in [4.78, 5) is 25.9. The first-order chi connectivity index (χ1) is 9.63. The average molecular weight is 266 g/mol. The number of carbonyl (C=O) groups excluding carboxylic acids is 2. The second-order valence-corrected chi connectivity index (χ2v) is 6.42. The van der Waals surface area contributed by atoms with Crippen LogP contribution in [0.25, 0.3) is 0 Å². The van der Waals surface area contributed by atoms with Gasteiger partial charge in [0, 0.05) is 23.0 Å². The molecule has 4 atom stereocenters. The van der Waals surface area contributed by atoms with Crippen molar-refractivity contribution in [1.29, 1.82) is 0 Å². The zero-order valence-corrected chi connectivity index (χ0v) is 11.2. The van der Waals surface area contributed by atoms with Gasteiger partial charge in [-0.25, -0.2) is 0 Å². The van der Waals surface area contributed by atoms with Crippen molar-refractivity contribution >= 4 is 11.6 Å². The largest absolute Gasteiger partial charge is 0.344 e. The van der Waals surface area contributed by atoms with Crippen molar-refractivity contribution in [1.82, 2.24) is 0 Å². The lowest BCUT2D eigenvalue weighted by Gasteiger charge is -2.42. The van der Waals surface area contributed by atoms with Crippen molar-refractivity contribution in [2.45, 2.75) is 31.0 Å². The number of hydrogen-bond donors (Lipinski definition) is 0. The molecule has 6 rings (SSSR count). The lowest BCUT2D eigenvalue weighted by Crippen LogP contribution is -2.57. The molecule has 0 N–H and O–H groups in total. The maximum Gasteiger partial charge on any atom is 0.199 e. The summed E-state index contributed by atoms with van der Waals surface area (Å²) in [6.45, 7) is 2.06. The number of epoxide rings is 1. The number of ether oxygens (including phenoxy) is 1. The van der Waals surface area contributed by atoms with Gasteiger partial charge in [-0.2, -0.15) is 0 Å². The Morgan fingerprint density at radius 2 is 1.70 bits per heavy atom. The minimum Gasteiger partial charge on any atom is -0.344 e. The van der Waals surface area contributed by atoms with Gasteiger partial charge < -0.3 is 4.74 Å². The molecular weight excluding hydrogens is 252 g/mol. The quantitative estimate of drug-likeness (QED) is 0.535. The standard InChI is InChI=1S/C17H14O3/c1-9-8-10-6-7-13(9)17-15(19)12-5-3-2-4-11(12)14(18)16(10,17)20-17/h2-5,8,10,13H,6-7H2,1H3/t10-,13-,16+,17+/m1/s1. The number of rotatable bonds is 0. The number of Topliss-reactive ketones (excluding diaryl/α,β-unsaturated/α-hetero) is 2. The van der Waals surface area contributed by atoms with Crippen LogP contribution in [0.4, 0.5) is 0 Å². The van der Waals surface area contributed by atoms with Gasteiger partial charge in [-0.3, -0.25) is 9.59 Å². The molecule has 3 heteroatoms. The Kier molecular flexibility index (Phi) is 1.63. The number of hydrogen-bond acceptors (Lipinski definition) is 3. The van der Waals surface area contributed by atoms with Crippen LogP contribution in [-0.4, -0.2) is 22.8 Å². The molecular formula is C17H14O3. The number of ketones is 2. The number of carbonyl (C=O) groups is 2. The van der Waals surface area contributed by atoms with E-state index >= 15 is 0 Å². The van der Waals surface area contributed by atoms with Crippen molar-refractivity contribution < 1.29 is 14.3 Å². The Balaban J connectivity index is 1.83. The molecule has 1 aliphatic heterocycles. The average Bonchev–Trinajstić information content (AvgIpc) is 3.20. The molecule has 20 heavy (non-hydrogen) atoms. The van der Waals surface area contributed by atoms with E-state index in [1.54, 1.807) is 12.1 Å². The van der Waals surface area contributed by atoms with Crippen molar-refractivity contribution in [3.63, 3.8) is 0 Å². The van der Waals surface area contributed by atoms with E-state index in [2.05, 4.69) is 13.0 Å². The fourth-order valence-corrected chi connectivity index (χ4v) is 4.88. The summed E-state index contributed by atoms with van der Waals surface area (Å²) >= 11 is 0. The molecule has 2 bridgehead atoms. The van der Waals surface area contributed by atoms with Gasteiger partial charge in [0.25, 0.3) is 0 Å². The summed E-state index contributed by atoms with van der Waals surface area (Å²) in [6, 6.07) is 7.16. The molecule has 1 saturated heterocycles. The van der Waals surface area contributed by atoms with Gasteiger partial charge in [-0.1, -0.05) is 35.9 Å². The summed E-state index contributed by atoms with van der Waals surface area (Å²) < 4.78 is 6.03. The van der Waals surface area contributed by atoms with Crippen LogP contribution >= 0.6 is 0 Å². The van der Waals surface area contributed by atoms with Crippen LogP contribution in [0.3, 0.4) is 0 Å². The van der Waals surface area contributed by atoms with Crippen LogP contribution < -0.4 is 0 Å². The van der Waals surface area contributed by atoms with Gasteiger partial charge in [-0.15, -0.1) is 0 Å². The Morgan fingerprint density at radius 3 is 2.35 bits per heavy atom. The smallest absolute Gasteiger partial charge is 0.199 e. The fraction of sp³-hybridized carbons (Fsp3) is 0.412. The third-order valence-corrected chi connectivity index (χ3v) is 5.72. The molecule has 1 aromatic rings. The van der Waals surface area contributed by atoms with Crippen LogP contribution in [0, 0.1) is 11.8 Å². The SMILES string of the molecule is CC1=C[C@H]2CC[C@H]1[C@@]13O[C@]21C(=O)c1ccccc1C3=O. The third-order valence-electron chi connectivity index (χ3n) is 5.72. The maximum atomic E-state index is 13.0. The molecule has 1 aromatic carbocycles. The second kappa shape index (κ2) is 2.96. The zero-order chi connectivity index (χ0) is 13.7. The molecule has 100 valence electrons. The predicted octanol–water partition coefficient (Wildman–Crippen LogP) is 2.56. The molecule has 3 nitrogen and oxygen atoms in total. The van der Waals surface area contributed by atoms with Crippen LogP contribution in [0.15, 0.2) is 35.9 Å². The lowest BCUT2D eigenvalue weighted by atomic mass is 9.54. The van der Waals surface area contributed by atoms with E-state index in [4.69, 9.17) is 4.74 Å². The molecule has 0 unspecified atom stereocenters. The lowest BCUT2D eigenvalue weighted by molar-refractivity contribution is 0.0725. The monoisotopic (exact) mass is 266 g/mol. The van der Waals surface area contributed by atoms with Crippen molar-refractivity contribution in [2.24, 2.45) is 11.8 Å². The zero-order valence-electron chi connectivity index (χ0n) is 11.2. The maximum absolute atomic E-state index is 13.0. The van der Waals surface area contributed by atoms with Gasteiger partial charge >= 0.3 is 0 Å². The second-order valence-electron chi connectivity index (χ2n) is 6.42. The van der Waals surface area contributed by atoms with Gasteiger partial charge in [0.1, 0.15) is 0 Å². The number of fused-ring (bicyclic) bond motifs is 2. The van der Waals surface area contributed by atoms with Crippen molar-refractivity contribution in [2.75, 3.05) is 0 Å². The van der Waals surface area contributed by atoms with E-state index in [1.165, 1.54) is 5.57 Å². The molecule has 2 fully saturated rings. The first-order valence-electron chi connectivity index (χ1n) is 7.20. The summed E-state index contributed by atoms with van der Waals surface area (Å²) in [6.07, 6.45) is 4.07. The van der Waals surface area contributed by atoms with Crippen molar-refractivity contribution in [3.8, 4) is 0 Å². The van der Waals surface area contributed by atoms with Crippen LogP contribution in [0.2, 0.25) is 0 Å². The van der Waals surface area contributed by atoms with Gasteiger partial charge in [0.15, 0.2) is 22.8 Å². The summed E-state index contributed by atoms with van der Waals surface area (Å²) in [5.41, 5.74) is 0.561. The van der Waals surface area contributed by atoms with E-state index in [1.807, 2.05) is 12.1 Å². The summed E-state index contributed by atoms with van der Waals surface area (Å²) in [7, 11) is 0. The van der Waals surface area contributed by atoms with E-state index in [9.17, 15) is 9.59 Å².